The lowest BCUT2D eigenvalue weighted by atomic mass is 9.92. The van der Waals surface area contributed by atoms with E-state index < -0.39 is 0 Å². The maximum absolute atomic E-state index is 6.40. The molecular weight excluding hydrogens is 703 g/mol. The predicted molar refractivity (Wildman–Crippen MR) is 237 cm³/mol. The third kappa shape index (κ3) is 4.70. The van der Waals surface area contributed by atoms with Crippen LogP contribution in [-0.4, -0.2) is 0 Å². The smallest absolute Gasteiger partial charge is 0.137 e. The van der Waals surface area contributed by atoms with Crippen molar-refractivity contribution in [3.05, 3.63) is 188 Å². The summed E-state index contributed by atoms with van der Waals surface area (Å²) in [6.45, 7) is 0. The van der Waals surface area contributed by atoms with Crippen molar-refractivity contribution in [3.63, 3.8) is 0 Å². The molecule has 0 aliphatic rings. The van der Waals surface area contributed by atoms with Crippen LogP contribution in [0.2, 0.25) is 0 Å². The van der Waals surface area contributed by atoms with E-state index in [4.69, 9.17) is 8.83 Å². The van der Waals surface area contributed by atoms with Gasteiger partial charge in [-0.2, -0.15) is 0 Å². The highest BCUT2D eigenvalue weighted by Gasteiger charge is 2.22. The second-order valence-corrected chi connectivity index (χ2v) is 15.4. The number of furan rings is 2. The maximum Gasteiger partial charge on any atom is 0.137 e. The van der Waals surface area contributed by atoms with Gasteiger partial charge in [-0.15, -0.1) is 11.3 Å². The Morgan fingerprint density at radius 3 is 1.41 bits per heavy atom. The average Bonchev–Trinajstić information content (AvgIpc) is 3.96. The zero-order chi connectivity index (χ0) is 36.7. The van der Waals surface area contributed by atoms with Crippen LogP contribution in [0.1, 0.15) is 0 Å². The van der Waals surface area contributed by atoms with Crippen LogP contribution in [0.5, 0.6) is 0 Å². The fourth-order valence-corrected chi connectivity index (χ4v) is 10.1. The van der Waals surface area contributed by atoms with E-state index in [1.807, 2.05) is 35.6 Å². The van der Waals surface area contributed by atoms with Crippen LogP contribution in [0.4, 0.5) is 17.1 Å². The fraction of sp³-hybridized carbons (Fsp3) is 0. The molecule has 0 bridgehead atoms. The minimum atomic E-state index is 0.854. The molecule has 12 rings (SSSR count). The molecule has 56 heavy (non-hydrogen) atoms. The molecule has 0 radical (unpaired) electrons. The molecule has 0 aliphatic heterocycles. The molecule has 3 heterocycles. The van der Waals surface area contributed by atoms with Crippen LogP contribution < -0.4 is 4.90 Å². The molecule has 4 heteroatoms. The van der Waals surface area contributed by atoms with Crippen molar-refractivity contribution >= 4 is 104 Å². The SMILES string of the molecule is c1ccc(-c2c(-c3ccc(N(c4ccc5c(c4)oc4ccccc45)c4ccc5c(c4)oc4ccccc45)cc3)sc3c4ccccc4c4ccccc4c23)cc1. The second kappa shape index (κ2) is 12.2. The summed E-state index contributed by atoms with van der Waals surface area (Å²) >= 11 is 1.89. The van der Waals surface area contributed by atoms with Gasteiger partial charge in [0.05, 0.1) is 0 Å². The van der Waals surface area contributed by atoms with Crippen LogP contribution in [-0.2, 0) is 0 Å². The predicted octanol–water partition coefficient (Wildman–Crippen LogP) is 15.8. The number of anilines is 3. The Labute approximate surface area is 325 Å². The van der Waals surface area contributed by atoms with Gasteiger partial charge in [-0.1, -0.05) is 127 Å². The van der Waals surface area contributed by atoms with Gasteiger partial charge in [0.2, 0.25) is 0 Å². The highest BCUT2D eigenvalue weighted by Crippen LogP contribution is 2.51. The van der Waals surface area contributed by atoms with Gasteiger partial charge in [0, 0.05) is 76.7 Å². The Bertz CT molecular complexity index is 3370. The van der Waals surface area contributed by atoms with Gasteiger partial charge in [0.25, 0.3) is 0 Å². The van der Waals surface area contributed by atoms with Crippen molar-refractivity contribution in [1.29, 1.82) is 0 Å². The third-order valence-corrected chi connectivity index (χ3v) is 12.5. The monoisotopic (exact) mass is 733 g/mol. The van der Waals surface area contributed by atoms with E-state index in [1.165, 1.54) is 53.2 Å². The lowest BCUT2D eigenvalue weighted by Crippen LogP contribution is -2.09. The number of nitrogens with zero attached hydrogens (tertiary/aromatic N) is 1. The molecule has 0 atom stereocenters. The zero-order valence-corrected chi connectivity index (χ0v) is 30.9. The molecule has 3 aromatic heterocycles. The highest BCUT2D eigenvalue weighted by atomic mass is 32.1. The Kier molecular flexibility index (Phi) is 6.80. The summed E-state index contributed by atoms with van der Waals surface area (Å²) in [5, 5.41) is 10.9. The van der Waals surface area contributed by atoms with E-state index in [1.54, 1.807) is 0 Å². The molecule has 9 aromatic carbocycles. The molecule has 0 fully saturated rings. The lowest BCUT2D eigenvalue weighted by molar-refractivity contribution is 0.669. The van der Waals surface area contributed by atoms with E-state index in [9.17, 15) is 0 Å². The minimum Gasteiger partial charge on any atom is -0.456 e. The molecule has 0 saturated heterocycles. The molecule has 262 valence electrons. The first-order valence-corrected chi connectivity index (χ1v) is 19.7. The number of para-hydroxylation sites is 2. The van der Waals surface area contributed by atoms with Gasteiger partial charge in [0.1, 0.15) is 22.3 Å². The summed E-state index contributed by atoms with van der Waals surface area (Å²) in [5.41, 5.74) is 10.2. The number of hydrogen-bond donors (Lipinski definition) is 0. The largest absolute Gasteiger partial charge is 0.456 e. The molecule has 0 aliphatic carbocycles. The van der Waals surface area contributed by atoms with Crippen LogP contribution in [0.3, 0.4) is 0 Å². The summed E-state index contributed by atoms with van der Waals surface area (Å²) < 4.78 is 14.1. The standard InChI is InChI=1S/C52H31NO2S/c1-2-12-32(13-3-1)49-50-43-18-6-4-14-37(43)38-15-5-7-19-44(38)52(50)56-51(49)33-22-24-34(25-23-33)53(35-26-28-41-39-16-8-10-20-45(39)54-47(41)30-35)36-27-29-42-40-17-9-11-21-46(40)55-48(42)31-36/h1-31H. The van der Waals surface area contributed by atoms with Gasteiger partial charge in [-0.3, -0.25) is 0 Å². The molecule has 0 spiro atoms. The summed E-state index contributed by atoms with van der Waals surface area (Å²) in [4.78, 5) is 3.56. The number of fused-ring (bicyclic) bond motifs is 12. The molecule has 0 amide bonds. The molecule has 0 unspecified atom stereocenters. The highest BCUT2D eigenvalue weighted by molar-refractivity contribution is 7.24. The first-order valence-electron chi connectivity index (χ1n) is 18.9. The van der Waals surface area contributed by atoms with Crippen LogP contribution in [0.25, 0.3) is 97.1 Å². The summed E-state index contributed by atoms with van der Waals surface area (Å²) in [5.74, 6) is 0. The summed E-state index contributed by atoms with van der Waals surface area (Å²) in [6, 6.07) is 67.1. The van der Waals surface area contributed by atoms with Gasteiger partial charge >= 0.3 is 0 Å². The van der Waals surface area contributed by atoms with Gasteiger partial charge in [-0.25, -0.2) is 0 Å². The Morgan fingerprint density at radius 1 is 0.339 bits per heavy atom. The number of thiophene rings is 1. The van der Waals surface area contributed by atoms with Gasteiger partial charge < -0.3 is 13.7 Å². The fourth-order valence-electron chi connectivity index (χ4n) is 8.73. The quantitative estimate of drug-likeness (QED) is 0.165. The van der Waals surface area contributed by atoms with Crippen molar-refractivity contribution in [2.45, 2.75) is 0 Å². The first kappa shape index (κ1) is 31.2. The molecule has 0 saturated carbocycles. The van der Waals surface area contributed by atoms with Crippen molar-refractivity contribution in [3.8, 4) is 21.6 Å². The maximum atomic E-state index is 6.40. The van der Waals surface area contributed by atoms with E-state index in [-0.39, 0.29) is 0 Å². The van der Waals surface area contributed by atoms with E-state index >= 15 is 0 Å². The lowest BCUT2D eigenvalue weighted by Gasteiger charge is -2.25. The van der Waals surface area contributed by atoms with Crippen molar-refractivity contribution < 1.29 is 8.83 Å². The molecular formula is C52H31NO2S. The summed E-state index contributed by atoms with van der Waals surface area (Å²) in [7, 11) is 0. The van der Waals surface area contributed by atoms with E-state index in [0.717, 1.165) is 60.9 Å². The molecule has 0 N–H and O–H groups in total. The second-order valence-electron chi connectivity index (χ2n) is 14.4. The molecule has 12 aromatic rings. The van der Waals surface area contributed by atoms with Gasteiger partial charge in [0.15, 0.2) is 0 Å². The van der Waals surface area contributed by atoms with Crippen LogP contribution >= 0.6 is 11.3 Å². The van der Waals surface area contributed by atoms with E-state index in [2.05, 4.69) is 169 Å². The van der Waals surface area contributed by atoms with E-state index in [0.29, 0.717) is 0 Å². The number of hydrogen-bond acceptors (Lipinski definition) is 4. The minimum absolute atomic E-state index is 0.854. The summed E-state index contributed by atoms with van der Waals surface area (Å²) in [6.07, 6.45) is 0. The Balaban J connectivity index is 1.06. The number of rotatable bonds is 5. The Hall–Kier alpha value is -7.14. The molecule has 3 nitrogen and oxygen atoms in total. The third-order valence-electron chi connectivity index (χ3n) is 11.3. The zero-order valence-electron chi connectivity index (χ0n) is 30.1. The average molecular weight is 734 g/mol. The normalized spacial score (nSPS) is 11.9. The Morgan fingerprint density at radius 2 is 0.804 bits per heavy atom. The number of benzene rings is 9. The van der Waals surface area contributed by atoms with Crippen molar-refractivity contribution in [2.75, 3.05) is 4.90 Å². The van der Waals surface area contributed by atoms with Crippen molar-refractivity contribution in [2.24, 2.45) is 0 Å². The van der Waals surface area contributed by atoms with Gasteiger partial charge in [-0.05, 0) is 75.8 Å². The van der Waals surface area contributed by atoms with Crippen LogP contribution in [0.15, 0.2) is 197 Å². The first-order chi connectivity index (χ1) is 27.8. The van der Waals surface area contributed by atoms with Crippen LogP contribution in [0, 0.1) is 0 Å². The van der Waals surface area contributed by atoms with Crippen molar-refractivity contribution in [1.82, 2.24) is 0 Å². The topological polar surface area (TPSA) is 29.5 Å².